The number of hydrogen-bond acceptors (Lipinski definition) is 7. The third-order valence-corrected chi connectivity index (χ3v) is 9.35. The van der Waals surface area contributed by atoms with Crippen LogP contribution in [0.2, 0.25) is 0 Å². The summed E-state index contributed by atoms with van der Waals surface area (Å²) in [6.07, 6.45) is 2.82. The van der Waals surface area contributed by atoms with Gasteiger partial charge in [0.2, 0.25) is 0 Å². The monoisotopic (exact) mass is 741 g/mol. The topological polar surface area (TPSA) is 98.4 Å². The van der Waals surface area contributed by atoms with Crippen LogP contribution in [0.5, 0.6) is 23.0 Å². The number of benzene rings is 4. The Kier molecular flexibility index (Phi) is 14.0. The number of nitrogens with zero attached hydrogens (tertiary/aromatic N) is 2. The van der Waals surface area contributed by atoms with Crippen LogP contribution in [0.4, 0.5) is 5.69 Å². The van der Waals surface area contributed by atoms with E-state index >= 15 is 0 Å². The summed E-state index contributed by atoms with van der Waals surface area (Å²) in [6, 6.07) is 26.8. The molecule has 1 aromatic heterocycles. The van der Waals surface area contributed by atoms with Crippen LogP contribution in [0.1, 0.15) is 22.4 Å². The first-order chi connectivity index (χ1) is 24.0. The first-order valence-electron chi connectivity index (χ1n) is 15.8. The number of anilines is 1. The minimum Gasteiger partial charge on any atom is -0.493 e. The number of methoxy groups -OCH3 is 4. The van der Waals surface area contributed by atoms with Gasteiger partial charge in [0.1, 0.15) is 0 Å². The molecule has 1 heterocycles. The van der Waals surface area contributed by atoms with E-state index < -0.39 is 10.1 Å². The number of hydrogen-bond donors (Lipinski definition) is 1. The Morgan fingerprint density at radius 3 is 1.82 bits per heavy atom. The maximum Gasteiger partial charge on any atom is 0.294 e. The number of halogens is 2. The van der Waals surface area contributed by atoms with Crippen molar-refractivity contribution in [2.75, 3.05) is 58.2 Å². The highest BCUT2D eigenvalue weighted by molar-refractivity contribution is 7.85. The smallest absolute Gasteiger partial charge is 0.294 e. The molecule has 1 N–H and O–H groups in total. The predicted molar refractivity (Wildman–Crippen MR) is 200 cm³/mol. The summed E-state index contributed by atoms with van der Waals surface area (Å²) >= 11 is 12.0. The Balaban J connectivity index is 0.000000435. The SMILES string of the molecule is COc1ccc(Cc2c3cc(OC)c(OC)cc3cc[n+]2Cc2ccc(N(CCCl)CCCl)cc2)cc1OC.Cc1ccc(S(=O)(=O)O)cc1. The molecule has 0 aliphatic heterocycles. The van der Waals surface area contributed by atoms with Crippen molar-refractivity contribution in [1.29, 1.82) is 0 Å². The third kappa shape index (κ3) is 9.94. The van der Waals surface area contributed by atoms with Crippen molar-refractivity contribution < 1.29 is 36.5 Å². The standard InChI is InChI=1S/C31H35Cl2N2O4.C7H8O3S/c1-36-28-10-7-23(18-29(28)37-2)17-27-26-20-31(39-4)30(38-3)19-24(26)11-14-35(27)21-22-5-8-25(9-6-22)34(15-12-32)16-13-33;1-6-2-4-7(5-3-6)11(8,9)10/h5-11,14,18-20H,12-13,15-17,21H2,1-4H3;2-5H,1H3,(H,8,9,10)/q+1;. The van der Waals surface area contributed by atoms with Crippen LogP contribution in [-0.2, 0) is 23.1 Å². The van der Waals surface area contributed by atoms with Gasteiger partial charge in [-0.2, -0.15) is 13.0 Å². The molecule has 0 saturated carbocycles. The van der Waals surface area contributed by atoms with E-state index in [-0.39, 0.29) is 4.90 Å². The zero-order valence-corrected chi connectivity index (χ0v) is 31.2. The van der Waals surface area contributed by atoms with Crippen molar-refractivity contribution in [3.8, 4) is 23.0 Å². The molecule has 12 heteroatoms. The quantitative estimate of drug-likeness (QED) is 0.0718. The summed E-state index contributed by atoms with van der Waals surface area (Å²) < 4.78 is 54.1. The second-order valence-electron chi connectivity index (χ2n) is 11.4. The molecular formula is C38H43Cl2N2O7S+. The van der Waals surface area contributed by atoms with E-state index in [1.165, 1.54) is 17.7 Å². The van der Waals surface area contributed by atoms with Crippen LogP contribution in [-0.4, -0.2) is 66.3 Å². The van der Waals surface area contributed by atoms with E-state index in [9.17, 15) is 8.42 Å². The lowest BCUT2D eigenvalue weighted by atomic mass is 10.0. The Morgan fingerprint density at radius 1 is 0.700 bits per heavy atom. The molecule has 0 fully saturated rings. The molecule has 5 rings (SSSR count). The van der Waals surface area contributed by atoms with Crippen molar-refractivity contribution >= 4 is 49.8 Å². The molecule has 0 aliphatic rings. The number of rotatable bonds is 14. The van der Waals surface area contributed by atoms with Crippen molar-refractivity contribution in [2.24, 2.45) is 0 Å². The van der Waals surface area contributed by atoms with Gasteiger partial charge in [0.15, 0.2) is 41.4 Å². The van der Waals surface area contributed by atoms with Gasteiger partial charge in [-0.3, -0.25) is 4.55 Å². The zero-order valence-electron chi connectivity index (χ0n) is 28.9. The number of ether oxygens (including phenoxy) is 4. The molecule has 9 nitrogen and oxygen atoms in total. The Bertz CT molecular complexity index is 1970. The maximum absolute atomic E-state index is 10.5. The molecule has 0 atom stereocenters. The fourth-order valence-electron chi connectivity index (χ4n) is 5.52. The van der Waals surface area contributed by atoms with E-state index in [1.807, 2.05) is 25.1 Å². The van der Waals surface area contributed by atoms with E-state index in [0.717, 1.165) is 46.4 Å². The molecule has 0 bridgehead atoms. The Hall–Kier alpha value is -4.22. The summed E-state index contributed by atoms with van der Waals surface area (Å²) in [5.41, 5.74) is 5.52. The lowest BCUT2D eigenvalue weighted by molar-refractivity contribution is -0.693. The predicted octanol–water partition coefficient (Wildman–Crippen LogP) is 7.33. The summed E-state index contributed by atoms with van der Waals surface area (Å²) in [6.45, 7) is 4.06. The van der Waals surface area contributed by atoms with Crippen LogP contribution in [0.3, 0.4) is 0 Å². The average molecular weight is 743 g/mol. The van der Waals surface area contributed by atoms with Gasteiger partial charge < -0.3 is 23.8 Å². The van der Waals surface area contributed by atoms with Gasteiger partial charge in [0, 0.05) is 42.2 Å². The fourth-order valence-corrected chi connectivity index (χ4v) is 6.41. The van der Waals surface area contributed by atoms with Crippen LogP contribution >= 0.6 is 23.2 Å². The lowest BCUT2D eigenvalue weighted by Crippen LogP contribution is -2.39. The van der Waals surface area contributed by atoms with Crippen LogP contribution in [0.15, 0.2) is 96.0 Å². The maximum atomic E-state index is 10.5. The summed E-state index contributed by atoms with van der Waals surface area (Å²) in [5, 5.41) is 2.17. The van der Waals surface area contributed by atoms with Crippen LogP contribution in [0, 0.1) is 6.92 Å². The molecule has 0 spiro atoms. The number of fused-ring (bicyclic) bond motifs is 1. The lowest BCUT2D eigenvalue weighted by Gasteiger charge is -2.22. The summed E-state index contributed by atoms with van der Waals surface area (Å²) in [7, 11) is 2.60. The summed E-state index contributed by atoms with van der Waals surface area (Å²) in [5.74, 6) is 3.91. The molecule has 0 unspecified atom stereocenters. The van der Waals surface area contributed by atoms with E-state index in [4.69, 9.17) is 46.7 Å². The molecule has 0 radical (unpaired) electrons. The minimum atomic E-state index is -4.02. The van der Waals surface area contributed by atoms with Gasteiger partial charge in [-0.15, -0.1) is 23.2 Å². The molecule has 0 saturated heterocycles. The molecule has 0 aliphatic carbocycles. The second kappa shape index (κ2) is 18.1. The first kappa shape index (κ1) is 38.6. The van der Waals surface area contributed by atoms with Gasteiger partial charge in [-0.1, -0.05) is 35.9 Å². The van der Waals surface area contributed by atoms with Crippen molar-refractivity contribution in [2.45, 2.75) is 24.8 Å². The largest absolute Gasteiger partial charge is 0.493 e. The number of alkyl halides is 2. The van der Waals surface area contributed by atoms with Crippen LogP contribution < -0.4 is 28.4 Å². The van der Waals surface area contributed by atoms with E-state index in [0.29, 0.717) is 47.7 Å². The van der Waals surface area contributed by atoms with Gasteiger partial charge in [0.05, 0.1) is 45.1 Å². The normalized spacial score (nSPS) is 11.0. The Morgan fingerprint density at radius 2 is 1.26 bits per heavy atom. The fraction of sp³-hybridized carbons (Fsp3) is 0.289. The van der Waals surface area contributed by atoms with Crippen LogP contribution in [0.25, 0.3) is 10.8 Å². The van der Waals surface area contributed by atoms with Crippen molar-refractivity contribution in [3.05, 3.63) is 114 Å². The van der Waals surface area contributed by atoms with E-state index in [1.54, 1.807) is 40.6 Å². The van der Waals surface area contributed by atoms with Crippen molar-refractivity contribution in [1.82, 2.24) is 0 Å². The first-order valence-corrected chi connectivity index (χ1v) is 18.3. The molecular weight excluding hydrogens is 699 g/mol. The molecule has 4 aromatic carbocycles. The molecule has 5 aromatic rings. The number of aryl methyl sites for hydroxylation is 1. The van der Waals surface area contributed by atoms with Gasteiger partial charge in [-0.25, -0.2) is 0 Å². The summed E-state index contributed by atoms with van der Waals surface area (Å²) in [4.78, 5) is 2.14. The van der Waals surface area contributed by atoms with E-state index in [2.05, 4.69) is 58.1 Å². The number of aromatic nitrogens is 1. The molecule has 0 amide bonds. The highest BCUT2D eigenvalue weighted by atomic mass is 35.5. The highest BCUT2D eigenvalue weighted by Crippen LogP contribution is 2.34. The highest BCUT2D eigenvalue weighted by Gasteiger charge is 2.20. The van der Waals surface area contributed by atoms with Gasteiger partial charge in [-0.05, 0) is 66.4 Å². The van der Waals surface area contributed by atoms with Gasteiger partial charge in [0.25, 0.3) is 10.1 Å². The third-order valence-electron chi connectivity index (χ3n) is 8.15. The molecule has 266 valence electrons. The van der Waals surface area contributed by atoms with Crippen molar-refractivity contribution in [3.63, 3.8) is 0 Å². The minimum absolute atomic E-state index is 0.0666. The molecule has 50 heavy (non-hydrogen) atoms. The second-order valence-corrected chi connectivity index (χ2v) is 13.5. The average Bonchev–Trinajstić information content (AvgIpc) is 3.12. The zero-order chi connectivity index (χ0) is 36.3. The van der Waals surface area contributed by atoms with Gasteiger partial charge >= 0.3 is 0 Å². The number of pyridine rings is 1. The Labute approximate surface area is 304 Å².